The molecule has 0 bridgehead atoms. The second kappa shape index (κ2) is 5.22. The van der Waals surface area contributed by atoms with Crippen molar-refractivity contribution in [3.05, 3.63) is 0 Å². The number of hydrogen-bond donors (Lipinski definition) is 0. The van der Waals surface area contributed by atoms with E-state index in [1.54, 1.807) is 0 Å². The highest BCUT2D eigenvalue weighted by atomic mass is 16.2. The number of likely N-dealkylation sites (tertiary alicyclic amines) is 1. The van der Waals surface area contributed by atoms with E-state index >= 15 is 0 Å². The zero-order chi connectivity index (χ0) is 14.1. The van der Waals surface area contributed by atoms with Crippen LogP contribution in [0.3, 0.4) is 0 Å². The van der Waals surface area contributed by atoms with Gasteiger partial charge in [-0.3, -0.25) is 4.79 Å². The smallest absolute Gasteiger partial charge is 0.226 e. The molecule has 1 heterocycles. The number of hydrogen-bond acceptors (Lipinski definition) is 1. The molecular weight excluding hydrogens is 222 g/mol. The van der Waals surface area contributed by atoms with Crippen LogP contribution in [0.1, 0.15) is 74.1 Å². The first-order valence-electron chi connectivity index (χ1n) is 7.42. The predicted octanol–water partition coefficient (Wildman–Crippen LogP) is 4.24. The lowest BCUT2D eigenvalue weighted by Crippen LogP contribution is -2.51. The molecule has 0 spiro atoms. The van der Waals surface area contributed by atoms with Gasteiger partial charge in [-0.1, -0.05) is 40.5 Å². The second-order valence-corrected chi connectivity index (χ2v) is 7.84. The van der Waals surface area contributed by atoms with Crippen LogP contribution in [0.2, 0.25) is 0 Å². The van der Waals surface area contributed by atoms with Crippen molar-refractivity contribution in [2.75, 3.05) is 0 Å². The topological polar surface area (TPSA) is 20.3 Å². The Kier molecular flexibility index (Phi) is 4.51. The molecule has 1 aliphatic heterocycles. The largest absolute Gasteiger partial charge is 0.334 e. The normalized spacial score (nSPS) is 25.9. The molecule has 0 aliphatic carbocycles. The van der Waals surface area contributed by atoms with Crippen LogP contribution in [0, 0.1) is 11.3 Å². The van der Waals surface area contributed by atoms with Gasteiger partial charge in [0.15, 0.2) is 0 Å². The highest BCUT2D eigenvalue weighted by molar-refractivity contribution is 5.82. The van der Waals surface area contributed by atoms with Gasteiger partial charge in [0.1, 0.15) is 0 Å². The molecular formula is C16H31NO. The minimum atomic E-state index is -0.0595. The monoisotopic (exact) mass is 253 g/mol. The van der Waals surface area contributed by atoms with E-state index in [-0.39, 0.29) is 16.9 Å². The quantitative estimate of drug-likeness (QED) is 0.736. The van der Waals surface area contributed by atoms with E-state index in [2.05, 4.69) is 53.4 Å². The summed E-state index contributed by atoms with van der Waals surface area (Å²) in [5, 5.41) is 0. The molecule has 0 saturated carbocycles. The zero-order valence-electron chi connectivity index (χ0n) is 13.3. The molecule has 1 amide bonds. The maximum absolute atomic E-state index is 12.6. The van der Waals surface area contributed by atoms with Crippen LogP contribution in [-0.2, 0) is 4.79 Å². The van der Waals surface area contributed by atoms with E-state index < -0.39 is 0 Å². The minimum absolute atomic E-state index is 0.0595. The first-order chi connectivity index (χ1) is 8.09. The van der Waals surface area contributed by atoms with Crippen molar-refractivity contribution in [1.29, 1.82) is 0 Å². The van der Waals surface area contributed by atoms with Crippen molar-refractivity contribution in [2.45, 2.75) is 85.7 Å². The van der Waals surface area contributed by atoms with Crippen molar-refractivity contribution in [3.63, 3.8) is 0 Å². The van der Waals surface area contributed by atoms with Gasteiger partial charge >= 0.3 is 0 Å². The molecule has 1 saturated heterocycles. The molecule has 2 heteroatoms. The van der Waals surface area contributed by atoms with E-state index in [0.717, 1.165) is 12.8 Å². The highest BCUT2D eigenvalue weighted by Gasteiger charge is 2.48. The van der Waals surface area contributed by atoms with Gasteiger partial charge in [-0.2, -0.15) is 0 Å². The van der Waals surface area contributed by atoms with E-state index in [1.807, 2.05) is 0 Å². The number of nitrogens with zero attached hydrogens (tertiary/aromatic N) is 1. The molecule has 0 radical (unpaired) electrons. The molecule has 2 atom stereocenters. The SMILES string of the molecule is CCCCC1CC(C(C)(C)C)N(C(C)(C)C)C1=O. The summed E-state index contributed by atoms with van der Waals surface area (Å²) in [6.45, 7) is 15.4. The Morgan fingerprint density at radius 1 is 1.17 bits per heavy atom. The van der Waals surface area contributed by atoms with Crippen LogP contribution in [0.5, 0.6) is 0 Å². The van der Waals surface area contributed by atoms with Crippen molar-refractivity contribution in [1.82, 2.24) is 4.90 Å². The zero-order valence-corrected chi connectivity index (χ0v) is 13.3. The lowest BCUT2D eigenvalue weighted by molar-refractivity contribution is -0.138. The van der Waals surface area contributed by atoms with Crippen molar-refractivity contribution < 1.29 is 4.79 Å². The second-order valence-electron chi connectivity index (χ2n) is 7.84. The summed E-state index contributed by atoms with van der Waals surface area (Å²) in [6.07, 6.45) is 4.46. The van der Waals surface area contributed by atoms with Gasteiger partial charge in [-0.15, -0.1) is 0 Å². The standard InChI is InChI=1S/C16H31NO/c1-8-9-10-12-11-13(15(2,3)4)17(14(12)18)16(5,6)7/h12-13H,8-11H2,1-7H3. The fourth-order valence-corrected chi connectivity index (χ4v) is 3.06. The average Bonchev–Trinajstić information content (AvgIpc) is 2.51. The first kappa shape index (κ1) is 15.5. The molecule has 18 heavy (non-hydrogen) atoms. The summed E-state index contributed by atoms with van der Waals surface area (Å²) >= 11 is 0. The molecule has 0 N–H and O–H groups in total. The third kappa shape index (κ3) is 3.27. The van der Waals surface area contributed by atoms with Gasteiger partial charge in [-0.05, 0) is 39.0 Å². The molecule has 2 unspecified atom stereocenters. The van der Waals surface area contributed by atoms with Gasteiger partial charge in [0, 0.05) is 17.5 Å². The number of carbonyl (C=O) groups is 1. The molecule has 106 valence electrons. The number of unbranched alkanes of at least 4 members (excludes halogenated alkanes) is 1. The van der Waals surface area contributed by atoms with Crippen LogP contribution in [0.25, 0.3) is 0 Å². The van der Waals surface area contributed by atoms with Crippen molar-refractivity contribution >= 4 is 5.91 Å². The summed E-state index contributed by atoms with van der Waals surface area (Å²) in [7, 11) is 0. The third-order valence-corrected chi connectivity index (χ3v) is 4.03. The number of carbonyl (C=O) groups excluding carboxylic acids is 1. The highest BCUT2D eigenvalue weighted by Crippen LogP contribution is 2.41. The van der Waals surface area contributed by atoms with Crippen LogP contribution >= 0.6 is 0 Å². The van der Waals surface area contributed by atoms with Crippen LogP contribution in [0.4, 0.5) is 0 Å². The summed E-state index contributed by atoms with van der Waals surface area (Å²) in [4.78, 5) is 14.8. The Balaban J connectivity index is 2.94. The van der Waals surface area contributed by atoms with E-state index in [4.69, 9.17) is 0 Å². The molecule has 0 aromatic carbocycles. The predicted molar refractivity (Wildman–Crippen MR) is 77.5 cm³/mol. The van der Waals surface area contributed by atoms with Crippen molar-refractivity contribution in [2.24, 2.45) is 11.3 Å². The molecule has 0 aromatic heterocycles. The Hall–Kier alpha value is -0.530. The van der Waals surface area contributed by atoms with E-state index in [1.165, 1.54) is 12.8 Å². The van der Waals surface area contributed by atoms with E-state index in [0.29, 0.717) is 11.9 Å². The first-order valence-corrected chi connectivity index (χ1v) is 7.42. The van der Waals surface area contributed by atoms with Crippen LogP contribution < -0.4 is 0 Å². The van der Waals surface area contributed by atoms with Crippen LogP contribution in [-0.4, -0.2) is 22.4 Å². The maximum atomic E-state index is 12.6. The summed E-state index contributed by atoms with van der Waals surface area (Å²) in [5.41, 5.74) is 0.111. The van der Waals surface area contributed by atoms with Gasteiger partial charge in [0.25, 0.3) is 0 Å². The molecule has 1 fully saturated rings. The Labute approximate surface area is 113 Å². The molecule has 1 aliphatic rings. The van der Waals surface area contributed by atoms with Crippen molar-refractivity contribution in [3.8, 4) is 0 Å². The Morgan fingerprint density at radius 3 is 2.06 bits per heavy atom. The Bertz CT molecular complexity index is 295. The summed E-state index contributed by atoms with van der Waals surface area (Å²) < 4.78 is 0. The van der Waals surface area contributed by atoms with E-state index in [9.17, 15) is 4.79 Å². The minimum Gasteiger partial charge on any atom is -0.334 e. The molecule has 1 rings (SSSR count). The van der Waals surface area contributed by atoms with Gasteiger partial charge in [0.05, 0.1) is 0 Å². The number of rotatable bonds is 3. The fraction of sp³-hybridized carbons (Fsp3) is 0.938. The van der Waals surface area contributed by atoms with Gasteiger partial charge in [-0.25, -0.2) is 0 Å². The van der Waals surface area contributed by atoms with Crippen LogP contribution in [0.15, 0.2) is 0 Å². The van der Waals surface area contributed by atoms with Gasteiger partial charge in [0.2, 0.25) is 5.91 Å². The lowest BCUT2D eigenvalue weighted by atomic mass is 9.82. The molecule has 0 aromatic rings. The maximum Gasteiger partial charge on any atom is 0.226 e. The van der Waals surface area contributed by atoms with Gasteiger partial charge < -0.3 is 4.90 Å². The Morgan fingerprint density at radius 2 is 1.72 bits per heavy atom. The number of amides is 1. The lowest BCUT2D eigenvalue weighted by Gasteiger charge is -2.43. The molecule has 2 nitrogen and oxygen atoms in total. The third-order valence-electron chi connectivity index (χ3n) is 4.03. The average molecular weight is 253 g/mol. The fourth-order valence-electron chi connectivity index (χ4n) is 3.06. The summed E-state index contributed by atoms with van der Waals surface area (Å²) in [6, 6.07) is 0.381. The summed E-state index contributed by atoms with van der Waals surface area (Å²) in [5.74, 6) is 0.643.